The van der Waals surface area contributed by atoms with Crippen LogP contribution in [0.25, 0.3) is 0 Å². The summed E-state index contributed by atoms with van der Waals surface area (Å²) in [5.41, 5.74) is 5.49. The summed E-state index contributed by atoms with van der Waals surface area (Å²) in [6.07, 6.45) is 1.95. The van der Waals surface area contributed by atoms with Crippen molar-refractivity contribution >= 4 is 29.5 Å². The zero-order chi connectivity index (χ0) is 24.0. The van der Waals surface area contributed by atoms with Crippen LogP contribution in [0, 0.1) is 0 Å². The number of anilines is 1. The number of hydrogen-bond acceptors (Lipinski definition) is 3. The molecular weight excluding hydrogens is 449 g/mol. The lowest BCUT2D eigenvalue weighted by Crippen LogP contribution is -2.25. The Morgan fingerprint density at radius 2 is 1.40 bits per heavy atom. The standard InChI is InChI=1S/C31H32NO2P/c1-33-30(34-2)22-32-28-18-10-9-17-26(28)27-21-20-23-12-11-19-29(31(23)27)35(24-13-5-3-6-14-24)25-15-7-4-8-16-25/h3-19,27,30,32H,20-22H2,1-2H3. The van der Waals surface area contributed by atoms with Crippen molar-refractivity contribution in [2.24, 2.45) is 0 Å². The number of nitrogens with one attached hydrogen (secondary N) is 1. The van der Waals surface area contributed by atoms with Crippen molar-refractivity contribution in [1.29, 1.82) is 0 Å². The smallest absolute Gasteiger partial charge is 0.173 e. The van der Waals surface area contributed by atoms with Crippen LogP contribution < -0.4 is 21.2 Å². The fourth-order valence-corrected chi connectivity index (χ4v) is 7.74. The van der Waals surface area contributed by atoms with Crippen LogP contribution in [0.3, 0.4) is 0 Å². The average molecular weight is 482 g/mol. The predicted octanol–water partition coefficient (Wildman–Crippen LogP) is 5.55. The van der Waals surface area contributed by atoms with Crippen molar-refractivity contribution in [1.82, 2.24) is 0 Å². The van der Waals surface area contributed by atoms with E-state index >= 15 is 0 Å². The highest BCUT2D eigenvalue weighted by atomic mass is 31.1. The largest absolute Gasteiger partial charge is 0.380 e. The average Bonchev–Trinajstić information content (AvgIpc) is 3.36. The molecule has 0 aliphatic heterocycles. The number of aryl methyl sites for hydroxylation is 1. The Morgan fingerprint density at radius 1 is 0.771 bits per heavy atom. The summed E-state index contributed by atoms with van der Waals surface area (Å²) in [6, 6.07) is 37.7. The van der Waals surface area contributed by atoms with Gasteiger partial charge in [-0.2, -0.15) is 0 Å². The molecule has 0 spiro atoms. The topological polar surface area (TPSA) is 30.5 Å². The summed E-state index contributed by atoms with van der Waals surface area (Å²) in [5, 5.41) is 7.84. The van der Waals surface area contributed by atoms with E-state index in [0.29, 0.717) is 12.5 Å². The zero-order valence-electron chi connectivity index (χ0n) is 20.4. The normalized spacial score (nSPS) is 14.9. The van der Waals surface area contributed by atoms with Crippen LogP contribution >= 0.6 is 7.92 Å². The van der Waals surface area contributed by atoms with Crippen LogP contribution in [-0.4, -0.2) is 27.1 Å². The Labute approximate surface area is 209 Å². The van der Waals surface area contributed by atoms with Crippen LogP contribution in [0.5, 0.6) is 0 Å². The molecule has 0 aromatic heterocycles. The lowest BCUT2D eigenvalue weighted by Gasteiger charge is -2.26. The van der Waals surface area contributed by atoms with E-state index in [2.05, 4.69) is 108 Å². The summed E-state index contributed by atoms with van der Waals surface area (Å²) in [7, 11) is 2.70. The Balaban J connectivity index is 1.59. The highest BCUT2D eigenvalue weighted by Crippen LogP contribution is 2.45. The Morgan fingerprint density at radius 3 is 2.06 bits per heavy atom. The van der Waals surface area contributed by atoms with Crippen LogP contribution in [-0.2, 0) is 15.9 Å². The third-order valence-electron chi connectivity index (χ3n) is 6.82. The van der Waals surface area contributed by atoms with E-state index in [0.717, 1.165) is 18.5 Å². The first-order valence-electron chi connectivity index (χ1n) is 12.2. The third-order valence-corrected chi connectivity index (χ3v) is 9.32. The monoisotopic (exact) mass is 481 g/mol. The molecule has 1 aliphatic rings. The molecule has 1 atom stereocenters. The fraction of sp³-hybridized carbons (Fsp3) is 0.226. The molecule has 0 fully saturated rings. The predicted molar refractivity (Wildman–Crippen MR) is 148 cm³/mol. The van der Waals surface area contributed by atoms with Gasteiger partial charge in [0.1, 0.15) is 0 Å². The zero-order valence-corrected chi connectivity index (χ0v) is 21.2. The molecule has 0 heterocycles. The van der Waals surface area contributed by atoms with Crippen molar-refractivity contribution in [3.8, 4) is 0 Å². The first kappa shape index (κ1) is 23.8. The molecule has 0 bridgehead atoms. The van der Waals surface area contributed by atoms with Crippen molar-refractivity contribution in [3.05, 3.63) is 120 Å². The van der Waals surface area contributed by atoms with E-state index in [1.165, 1.54) is 32.6 Å². The molecule has 0 saturated carbocycles. The summed E-state index contributed by atoms with van der Waals surface area (Å²) in [5.74, 6) is 0.353. The van der Waals surface area contributed by atoms with E-state index in [4.69, 9.17) is 9.47 Å². The molecule has 178 valence electrons. The van der Waals surface area contributed by atoms with Crippen LogP contribution in [0.2, 0.25) is 0 Å². The minimum absolute atomic E-state index is 0.279. The molecule has 1 aliphatic carbocycles. The molecule has 0 amide bonds. The van der Waals surface area contributed by atoms with E-state index in [1.54, 1.807) is 14.2 Å². The molecule has 0 saturated heterocycles. The molecule has 1 unspecified atom stereocenters. The second kappa shape index (κ2) is 11.2. The second-order valence-electron chi connectivity index (χ2n) is 8.82. The molecule has 4 aromatic carbocycles. The molecule has 4 aromatic rings. The number of rotatable bonds is 9. The van der Waals surface area contributed by atoms with Gasteiger partial charge in [-0.15, -0.1) is 0 Å². The van der Waals surface area contributed by atoms with Crippen LogP contribution in [0.15, 0.2) is 103 Å². The van der Waals surface area contributed by atoms with Crippen molar-refractivity contribution < 1.29 is 9.47 Å². The molecular formula is C31H32NO2P. The van der Waals surface area contributed by atoms with Gasteiger partial charge in [0.2, 0.25) is 0 Å². The molecule has 0 radical (unpaired) electrons. The summed E-state index contributed by atoms with van der Waals surface area (Å²) in [6.45, 7) is 0.603. The second-order valence-corrected chi connectivity index (χ2v) is 11.0. The summed E-state index contributed by atoms with van der Waals surface area (Å²) < 4.78 is 10.8. The van der Waals surface area contributed by atoms with E-state index in [1.807, 2.05) is 0 Å². The fourth-order valence-electron chi connectivity index (χ4n) is 5.17. The summed E-state index contributed by atoms with van der Waals surface area (Å²) in [4.78, 5) is 0. The minimum Gasteiger partial charge on any atom is -0.380 e. The lowest BCUT2D eigenvalue weighted by molar-refractivity contribution is -0.0914. The van der Waals surface area contributed by atoms with Gasteiger partial charge in [0.05, 0.1) is 6.54 Å². The molecule has 35 heavy (non-hydrogen) atoms. The Hall–Kier alpha value is -2.97. The lowest BCUT2D eigenvalue weighted by atomic mass is 9.91. The quantitative estimate of drug-likeness (QED) is 0.251. The number of methoxy groups -OCH3 is 2. The number of fused-ring (bicyclic) bond motifs is 1. The van der Waals surface area contributed by atoms with Crippen LogP contribution in [0.1, 0.15) is 29.0 Å². The van der Waals surface area contributed by atoms with Gasteiger partial charge in [-0.25, -0.2) is 0 Å². The van der Waals surface area contributed by atoms with Crippen LogP contribution in [0.4, 0.5) is 5.69 Å². The van der Waals surface area contributed by atoms with Gasteiger partial charge in [-0.1, -0.05) is 97.1 Å². The van der Waals surface area contributed by atoms with Gasteiger partial charge in [-0.3, -0.25) is 0 Å². The van der Waals surface area contributed by atoms with Gasteiger partial charge in [0, 0.05) is 25.8 Å². The number of para-hydroxylation sites is 1. The van der Waals surface area contributed by atoms with Crippen molar-refractivity contribution in [3.63, 3.8) is 0 Å². The van der Waals surface area contributed by atoms with E-state index in [-0.39, 0.29) is 6.29 Å². The number of benzene rings is 4. The van der Waals surface area contributed by atoms with E-state index in [9.17, 15) is 0 Å². The number of hydrogen-bond donors (Lipinski definition) is 1. The van der Waals surface area contributed by atoms with Gasteiger partial charge in [0.15, 0.2) is 6.29 Å². The first-order valence-corrected chi connectivity index (χ1v) is 13.5. The SMILES string of the molecule is COC(CNc1ccccc1C1CCc2cccc(P(c3ccccc3)c3ccccc3)c21)OC. The minimum atomic E-state index is -0.659. The maximum Gasteiger partial charge on any atom is 0.173 e. The molecule has 1 N–H and O–H groups in total. The van der Waals surface area contributed by atoms with Gasteiger partial charge >= 0.3 is 0 Å². The number of ether oxygens (including phenoxy) is 2. The van der Waals surface area contributed by atoms with E-state index < -0.39 is 7.92 Å². The highest BCUT2D eigenvalue weighted by Gasteiger charge is 2.31. The Bertz CT molecular complexity index is 1200. The van der Waals surface area contributed by atoms with Gasteiger partial charge < -0.3 is 14.8 Å². The van der Waals surface area contributed by atoms with Gasteiger partial charge in [0.25, 0.3) is 0 Å². The van der Waals surface area contributed by atoms with Crippen molar-refractivity contribution in [2.45, 2.75) is 25.0 Å². The maximum atomic E-state index is 5.41. The first-order chi connectivity index (χ1) is 17.3. The molecule has 3 nitrogen and oxygen atoms in total. The highest BCUT2D eigenvalue weighted by molar-refractivity contribution is 7.79. The van der Waals surface area contributed by atoms with Gasteiger partial charge in [-0.05, 0) is 59.4 Å². The molecule has 5 rings (SSSR count). The summed E-state index contributed by atoms with van der Waals surface area (Å²) >= 11 is 0. The molecule has 4 heteroatoms. The third kappa shape index (κ3) is 5.04. The maximum absolute atomic E-state index is 5.41. The Kier molecular flexibility index (Phi) is 7.59. The van der Waals surface area contributed by atoms with Crippen molar-refractivity contribution in [2.75, 3.05) is 26.1 Å².